The van der Waals surface area contributed by atoms with E-state index >= 15 is 4.79 Å². The average Bonchev–Trinajstić information content (AvgIpc) is 3.84. The lowest BCUT2D eigenvalue weighted by Crippen LogP contribution is -2.66. The van der Waals surface area contributed by atoms with E-state index in [1.807, 2.05) is 24.5 Å². The van der Waals surface area contributed by atoms with Crippen molar-refractivity contribution in [3.63, 3.8) is 0 Å². The minimum Gasteiger partial charge on any atom is -0.462 e. The number of H-pyrrole nitrogens is 1. The van der Waals surface area contributed by atoms with E-state index in [1.165, 1.54) is 5.57 Å². The van der Waals surface area contributed by atoms with Crippen molar-refractivity contribution in [2.45, 2.75) is 138 Å². The van der Waals surface area contributed by atoms with Gasteiger partial charge < -0.3 is 14.6 Å². The smallest absolute Gasteiger partial charge is 0.302 e. The molecule has 280 valence electrons. The zero-order valence-corrected chi connectivity index (χ0v) is 32.8. The standard InChI is InChI=1S/C44H60N4O4/c1-26(2)36-32(50)23-44(39(51)48-22-10-12-31(48)38-46-25-30(47-38)28-11-9-21-45-24-28)20-19-42(7)29(37(36)44)13-14-34-41(6)17-16-35(52-27(3)49)40(4,5)33(41)15-18-43(34,42)8/h9,11,21,24-26,29,31,33-35H,10,12-20,22-23H2,1-8H3,(H,46,47). The molecule has 1 amide bonds. The number of nitrogens with zero attached hydrogens (tertiary/aromatic N) is 3. The van der Waals surface area contributed by atoms with Gasteiger partial charge >= 0.3 is 5.97 Å². The van der Waals surface area contributed by atoms with E-state index in [2.05, 4.69) is 63.3 Å². The summed E-state index contributed by atoms with van der Waals surface area (Å²) < 4.78 is 5.97. The number of hydrogen-bond acceptors (Lipinski definition) is 6. The van der Waals surface area contributed by atoms with Crippen molar-refractivity contribution in [1.29, 1.82) is 0 Å². The zero-order chi connectivity index (χ0) is 37.0. The number of esters is 1. The molecule has 3 heterocycles. The van der Waals surface area contributed by atoms with Gasteiger partial charge in [0.2, 0.25) is 5.91 Å². The number of allylic oxidation sites excluding steroid dienone is 1. The highest BCUT2D eigenvalue weighted by molar-refractivity contribution is 6.07. The van der Waals surface area contributed by atoms with E-state index in [4.69, 9.17) is 9.72 Å². The summed E-state index contributed by atoms with van der Waals surface area (Å²) >= 11 is 0. The molecule has 1 N–H and O–H groups in total. The Morgan fingerprint density at radius 2 is 1.73 bits per heavy atom. The van der Waals surface area contributed by atoms with E-state index in [1.54, 1.807) is 13.1 Å². The Hall–Kier alpha value is -3.29. The van der Waals surface area contributed by atoms with Gasteiger partial charge in [-0.15, -0.1) is 0 Å². The summed E-state index contributed by atoms with van der Waals surface area (Å²) in [5.41, 5.74) is 3.41. The molecule has 1 aliphatic heterocycles. The van der Waals surface area contributed by atoms with Crippen LogP contribution in [-0.2, 0) is 19.1 Å². The van der Waals surface area contributed by atoms with Crippen LogP contribution in [0, 0.1) is 50.7 Å². The molecule has 5 aliphatic carbocycles. The second-order valence-electron chi connectivity index (χ2n) is 19.3. The van der Waals surface area contributed by atoms with Crippen LogP contribution in [0.5, 0.6) is 0 Å². The number of likely N-dealkylation sites (tertiary alicyclic amines) is 1. The van der Waals surface area contributed by atoms with E-state index in [-0.39, 0.29) is 63.3 Å². The van der Waals surface area contributed by atoms with Gasteiger partial charge in [-0.3, -0.25) is 19.4 Å². The number of hydrogen-bond donors (Lipinski definition) is 1. The summed E-state index contributed by atoms with van der Waals surface area (Å²) in [4.78, 5) is 56.5. The lowest BCUT2D eigenvalue weighted by Gasteiger charge is -2.72. The molecule has 0 aromatic carbocycles. The molecule has 4 saturated carbocycles. The largest absolute Gasteiger partial charge is 0.462 e. The number of carbonyl (C=O) groups excluding carboxylic acids is 3. The molecule has 8 heteroatoms. The summed E-state index contributed by atoms with van der Waals surface area (Å²) in [7, 11) is 0. The number of aromatic nitrogens is 3. The first-order chi connectivity index (χ1) is 24.6. The Labute approximate surface area is 310 Å². The Morgan fingerprint density at radius 3 is 2.44 bits per heavy atom. The summed E-state index contributed by atoms with van der Waals surface area (Å²) in [6.45, 7) is 19.0. The first-order valence-corrected chi connectivity index (χ1v) is 20.3. The minimum atomic E-state index is -0.767. The number of imidazole rings is 1. The number of amides is 1. The lowest BCUT2D eigenvalue weighted by molar-refractivity contribution is -0.232. The maximum Gasteiger partial charge on any atom is 0.302 e. The van der Waals surface area contributed by atoms with E-state index in [0.29, 0.717) is 24.8 Å². The number of fused-ring (bicyclic) bond motifs is 7. The highest BCUT2D eigenvalue weighted by atomic mass is 16.5. The van der Waals surface area contributed by atoms with E-state index in [9.17, 15) is 9.59 Å². The molecule has 8 rings (SSSR count). The van der Waals surface area contributed by atoms with E-state index in [0.717, 1.165) is 86.9 Å². The molecule has 0 radical (unpaired) electrons. The third-order valence-electron chi connectivity index (χ3n) is 16.5. The van der Waals surface area contributed by atoms with Crippen molar-refractivity contribution in [3.05, 3.63) is 47.7 Å². The maximum atomic E-state index is 15.4. The predicted molar refractivity (Wildman–Crippen MR) is 200 cm³/mol. The van der Waals surface area contributed by atoms with E-state index < -0.39 is 5.41 Å². The molecule has 52 heavy (non-hydrogen) atoms. The molecule has 0 bridgehead atoms. The molecule has 9 atom stereocenters. The monoisotopic (exact) mass is 708 g/mol. The van der Waals surface area contributed by atoms with Crippen molar-refractivity contribution in [3.8, 4) is 11.3 Å². The number of ketones is 1. The van der Waals surface area contributed by atoms with Crippen molar-refractivity contribution in [1.82, 2.24) is 19.9 Å². The normalized spacial score (nSPS) is 39.5. The van der Waals surface area contributed by atoms with Crippen molar-refractivity contribution in [2.24, 2.45) is 50.7 Å². The quantitative estimate of drug-likeness (QED) is 0.311. The number of nitrogens with one attached hydrogen (secondary N) is 1. The Morgan fingerprint density at radius 1 is 0.942 bits per heavy atom. The van der Waals surface area contributed by atoms with Gasteiger partial charge in [-0.25, -0.2) is 4.98 Å². The number of Topliss-reactive ketones (excluding diaryl/α,β-unsaturated/α-hetero) is 1. The summed E-state index contributed by atoms with van der Waals surface area (Å²) in [6, 6.07) is 3.81. The zero-order valence-electron chi connectivity index (χ0n) is 32.8. The topological polar surface area (TPSA) is 105 Å². The van der Waals surface area contributed by atoms with Crippen LogP contribution in [0.3, 0.4) is 0 Å². The minimum absolute atomic E-state index is 0.0192. The first kappa shape index (κ1) is 35.7. The summed E-state index contributed by atoms with van der Waals surface area (Å²) in [5.74, 6) is 2.32. The molecule has 2 aromatic rings. The second-order valence-corrected chi connectivity index (χ2v) is 19.3. The maximum absolute atomic E-state index is 15.4. The van der Waals surface area contributed by atoms with Gasteiger partial charge in [0.05, 0.1) is 23.3 Å². The highest BCUT2D eigenvalue weighted by Crippen LogP contribution is 2.77. The predicted octanol–water partition coefficient (Wildman–Crippen LogP) is 9.05. The van der Waals surface area contributed by atoms with Crippen LogP contribution in [0.4, 0.5) is 0 Å². The number of rotatable bonds is 5. The molecule has 0 spiro atoms. The number of carbonyl (C=O) groups is 3. The van der Waals surface area contributed by atoms with Gasteiger partial charge in [0.1, 0.15) is 11.9 Å². The Kier molecular flexibility index (Phi) is 8.32. The fourth-order valence-electron chi connectivity index (χ4n) is 14.0. The molecule has 5 fully saturated rings. The van der Waals surface area contributed by atoms with Crippen LogP contribution in [0.2, 0.25) is 0 Å². The van der Waals surface area contributed by atoms with Crippen LogP contribution in [0.1, 0.15) is 138 Å². The van der Waals surface area contributed by atoms with Crippen LogP contribution in [0.25, 0.3) is 11.3 Å². The molecular weight excluding hydrogens is 649 g/mol. The molecular formula is C44H60N4O4. The van der Waals surface area contributed by atoms with Gasteiger partial charge in [-0.2, -0.15) is 0 Å². The average molecular weight is 709 g/mol. The molecule has 1 saturated heterocycles. The molecule has 2 aromatic heterocycles. The van der Waals surface area contributed by atoms with Crippen LogP contribution >= 0.6 is 0 Å². The van der Waals surface area contributed by atoms with Crippen LogP contribution in [-0.4, -0.2) is 50.2 Å². The van der Waals surface area contributed by atoms with Crippen LogP contribution < -0.4 is 0 Å². The first-order valence-electron chi connectivity index (χ1n) is 20.3. The van der Waals surface area contributed by atoms with Crippen molar-refractivity contribution < 1.29 is 19.1 Å². The Bertz CT molecular complexity index is 1810. The number of ether oxygens (including phenoxy) is 1. The fraction of sp³-hybridized carbons (Fsp3) is 0.705. The third kappa shape index (κ3) is 4.86. The second kappa shape index (κ2) is 12.1. The van der Waals surface area contributed by atoms with Gasteiger partial charge in [0.25, 0.3) is 0 Å². The number of aromatic amines is 1. The number of pyridine rings is 1. The van der Waals surface area contributed by atoms with Crippen molar-refractivity contribution >= 4 is 17.7 Å². The lowest BCUT2D eigenvalue weighted by atomic mass is 9.33. The third-order valence-corrected chi connectivity index (χ3v) is 16.5. The Balaban J connectivity index is 1.14. The fourth-order valence-corrected chi connectivity index (χ4v) is 14.0. The van der Waals surface area contributed by atoms with Crippen LogP contribution in [0.15, 0.2) is 41.9 Å². The highest BCUT2D eigenvalue weighted by Gasteiger charge is 2.71. The molecule has 6 aliphatic rings. The molecule has 9 unspecified atom stereocenters. The van der Waals surface area contributed by atoms with Crippen molar-refractivity contribution in [2.75, 3.05) is 6.54 Å². The van der Waals surface area contributed by atoms with Gasteiger partial charge in [0.15, 0.2) is 5.78 Å². The summed E-state index contributed by atoms with van der Waals surface area (Å²) in [6.07, 6.45) is 15.6. The SMILES string of the molecule is CC(=O)OC1CCC2(C)C(CCC3(C)C2CCC2C4=C(C(C)C)C(=O)CC4(C(=O)N4CCCC4c4ncc(-c5cccnc5)[nH]4)CCC23C)C1(C)C. The molecule has 8 nitrogen and oxygen atoms in total. The van der Waals surface area contributed by atoms with Gasteiger partial charge in [0, 0.05) is 43.3 Å². The van der Waals surface area contributed by atoms with Gasteiger partial charge in [-0.1, -0.05) is 48.5 Å². The van der Waals surface area contributed by atoms with Gasteiger partial charge in [-0.05, 0) is 127 Å². The summed E-state index contributed by atoms with van der Waals surface area (Å²) in [5, 5.41) is 0.